The summed E-state index contributed by atoms with van der Waals surface area (Å²) in [4.78, 5) is 15.2. The lowest BCUT2D eigenvalue weighted by Gasteiger charge is -2.30. The van der Waals surface area contributed by atoms with E-state index >= 15 is 0 Å². The van der Waals surface area contributed by atoms with Crippen molar-refractivity contribution in [2.24, 2.45) is 0 Å². The molecule has 4 rings (SSSR count). The van der Waals surface area contributed by atoms with Gasteiger partial charge in [-0.15, -0.1) is 0 Å². The number of halogens is 1. The smallest absolute Gasteiger partial charge is 0.318 e. The molecule has 3 aromatic rings. The Labute approximate surface area is 212 Å². The molecule has 7 nitrogen and oxygen atoms in total. The van der Waals surface area contributed by atoms with Gasteiger partial charge in [0.1, 0.15) is 11.6 Å². The molecule has 8 heteroatoms. The fourth-order valence-corrected chi connectivity index (χ4v) is 4.23. The van der Waals surface area contributed by atoms with E-state index in [2.05, 4.69) is 5.32 Å². The van der Waals surface area contributed by atoms with Crippen molar-refractivity contribution in [2.75, 3.05) is 13.2 Å². The third kappa shape index (κ3) is 6.43. The van der Waals surface area contributed by atoms with Crippen LogP contribution in [0.1, 0.15) is 51.8 Å². The summed E-state index contributed by atoms with van der Waals surface area (Å²) in [7, 11) is 0. The van der Waals surface area contributed by atoms with Crippen LogP contribution in [-0.2, 0) is 17.7 Å². The summed E-state index contributed by atoms with van der Waals surface area (Å²) in [6.07, 6.45) is 2.54. The third-order valence-electron chi connectivity index (χ3n) is 5.95. The van der Waals surface area contributed by atoms with Crippen molar-refractivity contribution in [3.8, 4) is 17.3 Å². The van der Waals surface area contributed by atoms with Gasteiger partial charge in [-0.25, -0.2) is 13.9 Å². The molecule has 1 aliphatic rings. The molecule has 2 amide bonds. The van der Waals surface area contributed by atoms with Gasteiger partial charge in [-0.05, 0) is 76.4 Å². The number of carbonyl (C=O) groups is 1. The Morgan fingerprint density at radius 1 is 1.19 bits per heavy atom. The average Bonchev–Trinajstić information content (AvgIpc) is 3.47. The highest BCUT2D eigenvalue weighted by Gasteiger charge is 2.29. The van der Waals surface area contributed by atoms with E-state index in [-0.39, 0.29) is 23.5 Å². The molecule has 1 saturated heterocycles. The maximum Gasteiger partial charge on any atom is 0.318 e. The first-order valence-corrected chi connectivity index (χ1v) is 12.5. The predicted octanol–water partition coefficient (Wildman–Crippen LogP) is 5.86. The molecule has 1 aromatic heterocycles. The Bertz CT molecular complexity index is 1150. The molecule has 0 aliphatic carbocycles. The van der Waals surface area contributed by atoms with Crippen LogP contribution in [0.2, 0.25) is 0 Å². The van der Waals surface area contributed by atoms with Gasteiger partial charge in [0.05, 0.1) is 29.6 Å². The van der Waals surface area contributed by atoms with E-state index in [1.807, 2.05) is 58.0 Å². The Morgan fingerprint density at radius 3 is 2.53 bits per heavy atom. The summed E-state index contributed by atoms with van der Waals surface area (Å²) < 4.78 is 27.6. The van der Waals surface area contributed by atoms with Crippen molar-refractivity contribution in [2.45, 2.75) is 65.1 Å². The first-order chi connectivity index (χ1) is 17.2. The van der Waals surface area contributed by atoms with Crippen LogP contribution in [0.4, 0.5) is 9.18 Å². The van der Waals surface area contributed by atoms with Gasteiger partial charge >= 0.3 is 6.03 Å². The molecule has 2 heterocycles. The van der Waals surface area contributed by atoms with Crippen LogP contribution < -0.4 is 10.1 Å². The fraction of sp³-hybridized carbons (Fsp3) is 0.429. The number of benzene rings is 2. The van der Waals surface area contributed by atoms with Crippen LogP contribution in [-0.4, -0.2) is 45.5 Å². The van der Waals surface area contributed by atoms with Gasteiger partial charge in [0.15, 0.2) is 0 Å². The number of hydrogen-bond acceptors (Lipinski definition) is 4. The van der Waals surface area contributed by atoms with Crippen LogP contribution in [0.15, 0.2) is 54.6 Å². The number of nitrogens with one attached hydrogen (secondary N) is 1. The van der Waals surface area contributed by atoms with E-state index in [1.165, 1.54) is 12.1 Å². The highest BCUT2D eigenvalue weighted by molar-refractivity contribution is 5.75. The molecule has 0 saturated carbocycles. The van der Waals surface area contributed by atoms with Gasteiger partial charge in [0.25, 0.3) is 0 Å². The van der Waals surface area contributed by atoms with Crippen molar-refractivity contribution in [1.29, 1.82) is 0 Å². The minimum absolute atomic E-state index is 0.00794. The van der Waals surface area contributed by atoms with Crippen LogP contribution in [0, 0.1) is 5.82 Å². The number of rotatable bonds is 8. The van der Waals surface area contributed by atoms with Crippen LogP contribution in [0.5, 0.6) is 11.6 Å². The fourth-order valence-electron chi connectivity index (χ4n) is 4.23. The van der Waals surface area contributed by atoms with E-state index < -0.39 is 0 Å². The van der Waals surface area contributed by atoms with Gasteiger partial charge in [-0.2, -0.15) is 5.10 Å². The van der Waals surface area contributed by atoms with E-state index in [9.17, 15) is 9.18 Å². The summed E-state index contributed by atoms with van der Waals surface area (Å²) in [5, 5.41) is 7.91. The maximum absolute atomic E-state index is 13.7. The van der Waals surface area contributed by atoms with E-state index in [0.717, 1.165) is 24.1 Å². The molecule has 1 aliphatic heterocycles. The number of hydrogen-bond donors (Lipinski definition) is 1. The second-order valence-corrected chi connectivity index (χ2v) is 10.1. The van der Waals surface area contributed by atoms with Crippen molar-refractivity contribution < 1.29 is 18.7 Å². The van der Waals surface area contributed by atoms with Gasteiger partial charge < -0.3 is 19.7 Å². The maximum atomic E-state index is 13.7. The Morgan fingerprint density at radius 2 is 1.92 bits per heavy atom. The largest absolute Gasteiger partial charge is 0.439 e. The number of aryl methyl sites for hydroxylation is 1. The first-order valence-electron chi connectivity index (χ1n) is 12.5. The molecule has 2 aromatic carbocycles. The molecular weight excluding hydrogens is 459 g/mol. The zero-order chi connectivity index (χ0) is 25.7. The van der Waals surface area contributed by atoms with Gasteiger partial charge in [0, 0.05) is 18.7 Å². The summed E-state index contributed by atoms with van der Waals surface area (Å²) >= 11 is 0. The summed E-state index contributed by atoms with van der Waals surface area (Å²) in [6.45, 7) is 9.39. The standard InChI is InChI=1S/C28H35FN4O3/c1-5-25-24(19-32(18-23-12-9-17-35-23)27(34)30-28(2,3)4)26(36-22-10-7-6-8-11-22)33(31-25)21-15-13-20(29)14-16-21/h6-8,10-11,13-16,23H,5,9,12,17-19H2,1-4H3,(H,30,34)/t23-/m0/s1. The SMILES string of the molecule is CCc1nn(-c2ccc(F)cc2)c(Oc2ccccc2)c1CN(C[C@@H]1CCCO1)C(=O)NC(C)(C)C. The lowest BCUT2D eigenvalue weighted by molar-refractivity contribution is 0.0779. The zero-order valence-corrected chi connectivity index (χ0v) is 21.5. The third-order valence-corrected chi connectivity index (χ3v) is 5.95. The normalized spacial score (nSPS) is 15.6. The zero-order valence-electron chi connectivity index (χ0n) is 21.5. The number of amides is 2. The van der Waals surface area contributed by atoms with Crippen molar-refractivity contribution in [3.05, 3.63) is 71.7 Å². The molecule has 0 spiro atoms. The molecule has 0 radical (unpaired) electrons. The summed E-state index contributed by atoms with van der Waals surface area (Å²) in [6, 6.07) is 15.4. The molecule has 1 N–H and O–H groups in total. The Balaban J connectivity index is 1.75. The monoisotopic (exact) mass is 494 g/mol. The number of ether oxygens (including phenoxy) is 2. The van der Waals surface area contributed by atoms with Gasteiger partial charge in [0.2, 0.25) is 5.88 Å². The molecule has 192 valence electrons. The van der Waals surface area contributed by atoms with E-state index in [4.69, 9.17) is 14.6 Å². The minimum atomic E-state index is -0.388. The van der Waals surface area contributed by atoms with Crippen molar-refractivity contribution in [1.82, 2.24) is 20.0 Å². The Hall–Kier alpha value is -3.39. The van der Waals surface area contributed by atoms with Gasteiger partial charge in [-0.3, -0.25) is 0 Å². The second-order valence-electron chi connectivity index (χ2n) is 10.1. The Kier molecular flexibility index (Phi) is 7.94. The van der Waals surface area contributed by atoms with Crippen LogP contribution in [0.3, 0.4) is 0 Å². The highest BCUT2D eigenvalue weighted by Crippen LogP contribution is 2.32. The first kappa shape index (κ1) is 25.7. The second kappa shape index (κ2) is 11.1. The van der Waals surface area contributed by atoms with Crippen LogP contribution >= 0.6 is 0 Å². The average molecular weight is 495 g/mol. The van der Waals surface area contributed by atoms with Gasteiger partial charge in [-0.1, -0.05) is 25.1 Å². The summed E-state index contributed by atoms with van der Waals surface area (Å²) in [5.41, 5.74) is 1.91. The topological polar surface area (TPSA) is 68.6 Å². The predicted molar refractivity (Wildman–Crippen MR) is 137 cm³/mol. The lowest BCUT2D eigenvalue weighted by atomic mass is 10.1. The molecule has 36 heavy (non-hydrogen) atoms. The quantitative estimate of drug-likeness (QED) is 0.426. The molecule has 1 fully saturated rings. The van der Waals surface area contributed by atoms with Crippen molar-refractivity contribution >= 4 is 6.03 Å². The highest BCUT2D eigenvalue weighted by atomic mass is 19.1. The number of nitrogens with zero attached hydrogens (tertiary/aromatic N) is 3. The molecule has 1 atom stereocenters. The van der Waals surface area contributed by atoms with Crippen LogP contribution in [0.25, 0.3) is 5.69 Å². The van der Waals surface area contributed by atoms with E-state index in [1.54, 1.807) is 21.7 Å². The minimum Gasteiger partial charge on any atom is -0.439 e. The molecule has 0 unspecified atom stereocenters. The lowest BCUT2D eigenvalue weighted by Crippen LogP contribution is -2.50. The number of carbonyl (C=O) groups excluding carboxylic acids is 1. The van der Waals surface area contributed by atoms with Crippen molar-refractivity contribution in [3.63, 3.8) is 0 Å². The molecule has 0 bridgehead atoms. The number of aromatic nitrogens is 2. The summed E-state index contributed by atoms with van der Waals surface area (Å²) in [5.74, 6) is 0.828. The number of urea groups is 1. The molecular formula is C28H35FN4O3. The number of para-hydroxylation sites is 1. The van der Waals surface area contributed by atoms with E-state index in [0.29, 0.717) is 43.4 Å².